The van der Waals surface area contributed by atoms with E-state index in [2.05, 4.69) is 25.8 Å². The first kappa shape index (κ1) is 39.5. The number of nitrogens with zero attached hydrogens (tertiary/aromatic N) is 4. The Labute approximate surface area is 319 Å². The molecule has 7 N–H and O–H groups in total. The predicted molar refractivity (Wildman–Crippen MR) is 198 cm³/mol. The van der Waals surface area contributed by atoms with Gasteiger partial charge in [-0.15, -0.1) is 58.1 Å². The fourth-order valence-corrected chi connectivity index (χ4v) is 8.67. The zero-order chi connectivity index (χ0) is 34.5. The Kier molecular flexibility index (Phi) is 13.8. The van der Waals surface area contributed by atoms with Gasteiger partial charge < -0.3 is 21.1 Å². The quantitative estimate of drug-likeness (QED) is 0.0280. The molecule has 2 aromatic heterocycles. The van der Waals surface area contributed by atoms with Gasteiger partial charge in [-0.25, -0.2) is 15.6 Å². The van der Waals surface area contributed by atoms with Gasteiger partial charge in [0.25, 0.3) is 5.91 Å². The number of thiazole rings is 1. The Balaban J connectivity index is 0.00000292. The van der Waals surface area contributed by atoms with Crippen LogP contribution in [0.1, 0.15) is 29.0 Å². The lowest BCUT2D eigenvalue weighted by molar-refractivity contribution is -0.155. The van der Waals surface area contributed by atoms with Gasteiger partial charge in [-0.1, -0.05) is 83.8 Å². The fraction of sp³-hybridized carbons (Fsp3) is 0.200. The number of halogens is 2. The van der Waals surface area contributed by atoms with E-state index >= 15 is 0 Å². The standard InChI is InChI=1S/C30H27N9O6S4.2ClH/c31-29-34-18(13-47-29)19(35-24(41)25(42)37-32)23(40)36-20-26(43)39-21(17(11-46-27(20)39)12-48-30-38-33-14-49-30)28(44)45-22(15-7-3-1-4-8-15)16-9-5-2-6-10-16;;/h1-10,13-14,19-20,22,27H,11-12,32H2,(H2,31,34)(H,35,41)(H,36,40)(H,37,42);2*1H/t19?,20?,27-;;/m1../s1. The minimum atomic E-state index is -1.47. The predicted octanol–water partition coefficient (Wildman–Crippen LogP) is 2.35. The Morgan fingerprint density at radius 1 is 1.00 bits per heavy atom. The third-order valence-corrected chi connectivity index (χ3v) is 11.4. The number of nitrogens with one attached hydrogen (secondary N) is 3. The fourth-order valence-electron chi connectivity index (χ4n) is 5.11. The maximum absolute atomic E-state index is 14.2. The van der Waals surface area contributed by atoms with Crippen LogP contribution in [0, 0.1) is 0 Å². The van der Waals surface area contributed by atoms with Crippen molar-refractivity contribution >= 4 is 106 Å². The molecule has 0 saturated carbocycles. The molecule has 0 bridgehead atoms. The molecular formula is C30H29Cl2N9O6S4. The third-order valence-electron chi connectivity index (χ3n) is 7.39. The number of hydrogen-bond acceptors (Lipinski definition) is 15. The number of hydrogen-bond donors (Lipinski definition) is 5. The van der Waals surface area contributed by atoms with Gasteiger partial charge in [0.2, 0.25) is 5.91 Å². The van der Waals surface area contributed by atoms with Gasteiger partial charge in [0.15, 0.2) is 21.6 Å². The summed E-state index contributed by atoms with van der Waals surface area (Å²) in [6.07, 6.45) is -0.764. The highest BCUT2D eigenvalue weighted by atomic mass is 35.5. The summed E-state index contributed by atoms with van der Waals surface area (Å²) >= 11 is 5.11. The minimum Gasteiger partial charge on any atom is -0.448 e. The monoisotopic (exact) mass is 809 g/mol. The van der Waals surface area contributed by atoms with Crippen molar-refractivity contribution in [3.05, 3.63) is 99.6 Å². The molecule has 2 unspecified atom stereocenters. The highest BCUT2D eigenvalue weighted by molar-refractivity contribution is 8.01. The number of anilines is 1. The number of β-lactam (4-membered cyclic amide) rings is 1. The Hall–Kier alpha value is -4.24. The molecule has 0 aliphatic carbocycles. The summed E-state index contributed by atoms with van der Waals surface area (Å²) in [6.45, 7) is 0. The second-order valence-corrected chi connectivity index (χ2v) is 14.5. The summed E-state index contributed by atoms with van der Waals surface area (Å²) in [7, 11) is 0. The third kappa shape index (κ3) is 8.80. The van der Waals surface area contributed by atoms with E-state index in [1.165, 1.54) is 45.1 Å². The molecule has 0 spiro atoms. The summed E-state index contributed by atoms with van der Waals surface area (Å²) < 4.78 is 6.88. The van der Waals surface area contributed by atoms with Gasteiger partial charge in [0, 0.05) is 16.9 Å². The molecule has 51 heavy (non-hydrogen) atoms. The Morgan fingerprint density at radius 2 is 1.67 bits per heavy atom. The SMILES string of the molecule is Cl.Cl.NNC(=O)C(=O)NC(C(=O)NC1C(=O)N2C(C(=O)OC(c3ccccc3)c3ccccc3)=C(CSc3nncs3)CS[C@H]12)c1csc(N)n1. The summed E-state index contributed by atoms with van der Waals surface area (Å²) in [5, 5.41) is 13.8. The van der Waals surface area contributed by atoms with Crippen molar-refractivity contribution in [3.8, 4) is 0 Å². The number of thioether (sulfide) groups is 2. The van der Waals surface area contributed by atoms with Crippen LogP contribution < -0.4 is 27.6 Å². The van der Waals surface area contributed by atoms with Crippen molar-refractivity contribution in [2.75, 3.05) is 17.2 Å². The molecule has 4 amide bonds. The molecule has 15 nitrogen and oxygen atoms in total. The average Bonchev–Trinajstić information content (AvgIpc) is 3.82. The molecule has 4 heterocycles. The van der Waals surface area contributed by atoms with Crippen LogP contribution in [-0.4, -0.2) is 72.6 Å². The van der Waals surface area contributed by atoms with Crippen LogP contribution >= 0.6 is 71.0 Å². The summed E-state index contributed by atoms with van der Waals surface area (Å²) in [4.78, 5) is 71.1. The molecule has 1 fully saturated rings. The number of rotatable bonds is 11. The van der Waals surface area contributed by atoms with Gasteiger partial charge in [-0.3, -0.25) is 29.5 Å². The molecule has 21 heteroatoms. The normalized spacial score (nSPS) is 16.8. The number of esters is 1. The molecule has 2 aliphatic heterocycles. The van der Waals surface area contributed by atoms with Crippen molar-refractivity contribution in [2.24, 2.45) is 5.84 Å². The number of carbonyl (C=O) groups excluding carboxylic acids is 5. The van der Waals surface area contributed by atoms with Crippen LogP contribution in [-0.2, 0) is 28.7 Å². The van der Waals surface area contributed by atoms with Gasteiger partial charge in [0.05, 0.1) is 5.69 Å². The first-order valence-corrected chi connectivity index (χ1v) is 18.2. The van der Waals surface area contributed by atoms with E-state index in [4.69, 9.17) is 16.3 Å². The number of benzene rings is 2. The number of nitrogens with two attached hydrogens (primary N) is 2. The summed E-state index contributed by atoms with van der Waals surface area (Å²) in [5.41, 5.74) is 11.3. The average molecular weight is 811 g/mol. The van der Waals surface area contributed by atoms with Crippen LogP contribution in [0.2, 0.25) is 0 Å². The van der Waals surface area contributed by atoms with Crippen molar-refractivity contribution in [1.82, 2.24) is 36.1 Å². The molecule has 268 valence electrons. The topological polar surface area (TPSA) is 225 Å². The van der Waals surface area contributed by atoms with Gasteiger partial charge in [-0.05, 0) is 16.7 Å². The molecule has 2 aliphatic rings. The number of amides is 4. The zero-order valence-electron chi connectivity index (χ0n) is 26.0. The van der Waals surface area contributed by atoms with Crippen LogP contribution in [0.15, 0.2) is 87.2 Å². The van der Waals surface area contributed by atoms with Crippen molar-refractivity contribution in [1.29, 1.82) is 0 Å². The van der Waals surface area contributed by atoms with E-state index < -0.39 is 53.2 Å². The molecule has 2 aromatic carbocycles. The van der Waals surface area contributed by atoms with E-state index in [9.17, 15) is 24.0 Å². The van der Waals surface area contributed by atoms with E-state index in [-0.39, 0.29) is 41.3 Å². The highest BCUT2D eigenvalue weighted by Crippen LogP contribution is 2.43. The first-order chi connectivity index (χ1) is 23.7. The van der Waals surface area contributed by atoms with Gasteiger partial charge in [0.1, 0.15) is 22.6 Å². The van der Waals surface area contributed by atoms with Crippen LogP contribution in [0.5, 0.6) is 0 Å². The van der Waals surface area contributed by atoms with E-state index in [1.54, 1.807) is 10.9 Å². The zero-order valence-corrected chi connectivity index (χ0v) is 30.9. The van der Waals surface area contributed by atoms with E-state index in [0.717, 1.165) is 22.5 Å². The van der Waals surface area contributed by atoms with E-state index in [0.29, 0.717) is 21.4 Å². The Bertz CT molecular complexity index is 1860. The number of fused-ring (bicyclic) bond motifs is 1. The smallest absolute Gasteiger partial charge is 0.356 e. The minimum absolute atomic E-state index is 0. The number of ether oxygens (including phenoxy) is 1. The van der Waals surface area contributed by atoms with Gasteiger partial charge >= 0.3 is 17.8 Å². The van der Waals surface area contributed by atoms with E-state index in [1.807, 2.05) is 60.7 Å². The highest BCUT2D eigenvalue weighted by Gasteiger charge is 2.55. The van der Waals surface area contributed by atoms with Crippen LogP contribution in [0.3, 0.4) is 0 Å². The number of carbonyl (C=O) groups is 5. The van der Waals surface area contributed by atoms with Gasteiger partial charge in [-0.2, -0.15) is 0 Å². The van der Waals surface area contributed by atoms with Crippen molar-refractivity contribution < 1.29 is 28.7 Å². The molecule has 4 aromatic rings. The number of hydrazine groups is 1. The maximum Gasteiger partial charge on any atom is 0.356 e. The van der Waals surface area contributed by atoms with Crippen LogP contribution in [0.25, 0.3) is 0 Å². The number of nitrogen functional groups attached to an aromatic ring is 1. The molecule has 1 saturated heterocycles. The maximum atomic E-state index is 14.2. The molecule has 6 rings (SSSR count). The molecular weight excluding hydrogens is 782 g/mol. The van der Waals surface area contributed by atoms with Crippen molar-refractivity contribution in [3.63, 3.8) is 0 Å². The largest absolute Gasteiger partial charge is 0.448 e. The van der Waals surface area contributed by atoms with Crippen molar-refractivity contribution in [2.45, 2.75) is 27.9 Å². The second-order valence-electron chi connectivity index (χ2n) is 10.4. The summed E-state index contributed by atoms with van der Waals surface area (Å²) in [5.74, 6) is 1.28. The lowest BCUT2D eigenvalue weighted by Crippen LogP contribution is -2.71. The number of aromatic nitrogens is 3. The lowest BCUT2D eigenvalue weighted by Gasteiger charge is -2.50. The second kappa shape index (κ2) is 17.8. The van der Waals surface area contributed by atoms with Crippen LogP contribution in [0.4, 0.5) is 5.13 Å². The Morgan fingerprint density at radius 3 is 2.24 bits per heavy atom. The lowest BCUT2D eigenvalue weighted by atomic mass is 10.0. The summed E-state index contributed by atoms with van der Waals surface area (Å²) in [6, 6.07) is 16.0. The molecule has 3 atom stereocenters. The molecule has 0 radical (unpaired) electrons. The first-order valence-electron chi connectivity index (χ1n) is 14.4.